The van der Waals surface area contributed by atoms with Crippen molar-refractivity contribution in [3.05, 3.63) is 17.5 Å². The molecule has 0 saturated heterocycles. The van der Waals surface area contributed by atoms with E-state index >= 15 is 0 Å². The third-order valence-corrected chi connectivity index (χ3v) is 3.81. The fourth-order valence-electron chi connectivity index (χ4n) is 2.64. The third-order valence-electron chi connectivity index (χ3n) is 3.81. The van der Waals surface area contributed by atoms with Crippen molar-refractivity contribution in [3.8, 4) is 6.01 Å². The Labute approximate surface area is 113 Å². The van der Waals surface area contributed by atoms with E-state index in [0.717, 1.165) is 12.8 Å². The van der Waals surface area contributed by atoms with E-state index in [1.54, 1.807) is 6.92 Å². The molecular formula is C14H20N2O3. The number of ether oxygens (including phenoxy) is 1. The molecule has 0 bridgehead atoms. The summed E-state index contributed by atoms with van der Waals surface area (Å²) in [5.74, 6) is -0.454. The molecular weight excluding hydrogens is 244 g/mol. The molecule has 1 saturated carbocycles. The number of carboxylic acids is 1. The molecule has 1 aromatic heterocycles. The lowest BCUT2D eigenvalue weighted by molar-refractivity contribution is 0.0691. The Hall–Kier alpha value is -1.65. The van der Waals surface area contributed by atoms with Gasteiger partial charge in [0.1, 0.15) is 6.10 Å². The SMILES string of the molecule is CCC1CCCCC1Oc1ncc(C(=O)O)c(C)n1. The van der Waals surface area contributed by atoms with Gasteiger partial charge in [-0.15, -0.1) is 0 Å². The number of aromatic carboxylic acids is 1. The summed E-state index contributed by atoms with van der Waals surface area (Å²) in [5.41, 5.74) is 0.574. The van der Waals surface area contributed by atoms with Gasteiger partial charge in [-0.05, 0) is 38.5 Å². The predicted molar refractivity (Wildman–Crippen MR) is 70.4 cm³/mol. The first-order chi connectivity index (χ1) is 9.11. The molecule has 0 aliphatic heterocycles. The van der Waals surface area contributed by atoms with Crippen LogP contribution in [-0.4, -0.2) is 27.1 Å². The van der Waals surface area contributed by atoms with Gasteiger partial charge in [0.05, 0.1) is 11.3 Å². The van der Waals surface area contributed by atoms with Gasteiger partial charge < -0.3 is 9.84 Å². The molecule has 1 fully saturated rings. The molecule has 1 aliphatic carbocycles. The Morgan fingerprint density at radius 3 is 2.84 bits per heavy atom. The number of aryl methyl sites for hydroxylation is 1. The van der Waals surface area contributed by atoms with E-state index in [-0.39, 0.29) is 11.7 Å². The third kappa shape index (κ3) is 3.22. The molecule has 0 spiro atoms. The zero-order chi connectivity index (χ0) is 13.8. The second-order valence-electron chi connectivity index (χ2n) is 5.07. The zero-order valence-corrected chi connectivity index (χ0v) is 11.4. The van der Waals surface area contributed by atoms with E-state index < -0.39 is 5.97 Å². The molecule has 5 nitrogen and oxygen atoms in total. The van der Waals surface area contributed by atoms with Gasteiger partial charge in [0.25, 0.3) is 0 Å². The van der Waals surface area contributed by atoms with E-state index in [4.69, 9.17) is 9.84 Å². The lowest BCUT2D eigenvalue weighted by Crippen LogP contribution is -2.30. The quantitative estimate of drug-likeness (QED) is 0.905. The summed E-state index contributed by atoms with van der Waals surface area (Å²) in [4.78, 5) is 19.1. The first-order valence-electron chi connectivity index (χ1n) is 6.85. The number of aromatic nitrogens is 2. The van der Waals surface area contributed by atoms with Crippen LogP contribution in [0.4, 0.5) is 0 Å². The molecule has 2 unspecified atom stereocenters. The van der Waals surface area contributed by atoms with Crippen LogP contribution in [-0.2, 0) is 0 Å². The average Bonchev–Trinajstić information content (AvgIpc) is 2.39. The molecule has 2 atom stereocenters. The normalized spacial score (nSPS) is 23.1. The van der Waals surface area contributed by atoms with Crippen molar-refractivity contribution in [2.45, 2.75) is 52.1 Å². The van der Waals surface area contributed by atoms with Crippen LogP contribution >= 0.6 is 0 Å². The second kappa shape index (κ2) is 5.99. The molecule has 1 N–H and O–H groups in total. The first kappa shape index (κ1) is 13.8. The molecule has 2 rings (SSSR count). The highest BCUT2D eigenvalue weighted by Crippen LogP contribution is 2.29. The van der Waals surface area contributed by atoms with Crippen LogP contribution in [0.1, 0.15) is 55.1 Å². The van der Waals surface area contributed by atoms with Gasteiger partial charge in [0.2, 0.25) is 0 Å². The number of carboxylic acid groups (broad SMARTS) is 1. The summed E-state index contributed by atoms with van der Waals surface area (Å²) < 4.78 is 5.86. The van der Waals surface area contributed by atoms with Crippen LogP contribution < -0.4 is 4.74 Å². The molecule has 1 aromatic rings. The van der Waals surface area contributed by atoms with Gasteiger partial charge >= 0.3 is 12.0 Å². The van der Waals surface area contributed by atoms with Crippen LogP contribution in [0.2, 0.25) is 0 Å². The number of hydrogen-bond acceptors (Lipinski definition) is 4. The van der Waals surface area contributed by atoms with Crippen LogP contribution in [0.3, 0.4) is 0 Å². The van der Waals surface area contributed by atoms with Crippen molar-refractivity contribution in [3.63, 3.8) is 0 Å². The van der Waals surface area contributed by atoms with Crippen molar-refractivity contribution < 1.29 is 14.6 Å². The highest BCUT2D eigenvalue weighted by Gasteiger charge is 2.26. The maximum Gasteiger partial charge on any atom is 0.339 e. The van der Waals surface area contributed by atoms with Gasteiger partial charge in [-0.1, -0.05) is 13.3 Å². The molecule has 19 heavy (non-hydrogen) atoms. The average molecular weight is 264 g/mol. The van der Waals surface area contributed by atoms with Crippen molar-refractivity contribution in [1.82, 2.24) is 9.97 Å². The monoisotopic (exact) mass is 264 g/mol. The highest BCUT2D eigenvalue weighted by atomic mass is 16.5. The maximum atomic E-state index is 10.9. The minimum absolute atomic E-state index is 0.128. The summed E-state index contributed by atoms with van der Waals surface area (Å²) in [6.07, 6.45) is 7.23. The zero-order valence-electron chi connectivity index (χ0n) is 11.4. The van der Waals surface area contributed by atoms with Crippen molar-refractivity contribution in [2.24, 2.45) is 5.92 Å². The standard InChI is InChI=1S/C14H20N2O3/c1-3-10-6-4-5-7-12(10)19-14-15-8-11(13(17)18)9(2)16-14/h8,10,12H,3-7H2,1-2H3,(H,17,18). The van der Waals surface area contributed by atoms with Gasteiger partial charge in [0.15, 0.2) is 0 Å². The summed E-state index contributed by atoms with van der Waals surface area (Å²) in [6, 6.07) is 0.299. The van der Waals surface area contributed by atoms with E-state index in [2.05, 4.69) is 16.9 Å². The minimum Gasteiger partial charge on any atom is -0.478 e. The summed E-state index contributed by atoms with van der Waals surface area (Å²) in [5, 5.41) is 8.94. The minimum atomic E-state index is -1.01. The number of carbonyl (C=O) groups is 1. The molecule has 1 aliphatic rings. The van der Waals surface area contributed by atoms with Gasteiger partial charge in [-0.3, -0.25) is 0 Å². The Kier molecular flexibility index (Phi) is 4.35. The number of nitrogens with zero attached hydrogens (tertiary/aromatic N) is 2. The first-order valence-corrected chi connectivity index (χ1v) is 6.85. The maximum absolute atomic E-state index is 10.9. The topological polar surface area (TPSA) is 72.3 Å². The fourth-order valence-corrected chi connectivity index (χ4v) is 2.64. The highest BCUT2D eigenvalue weighted by molar-refractivity contribution is 5.88. The number of rotatable bonds is 4. The molecule has 0 amide bonds. The van der Waals surface area contributed by atoms with Gasteiger partial charge in [0, 0.05) is 6.20 Å². The summed E-state index contributed by atoms with van der Waals surface area (Å²) in [6.45, 7) is 3.84. The Bertz CT molecular complexity index is 462. The molecule has 104 valence electrons. The van der Waals surface area contributed by atoms with E-state index in [1.807, 2.05) is 0 Å². The largest absolute Gasteiger partial charge is 0.478 e. The second-order valence-corrected chi connectivity index (χ2v) is 5.07. The molecule has 1 heterocycles. The smallest absolute Gasteiger partial charge is 0.339 e. The predicted octanol–water partition coefficient (Wildman–Crippen LogP) is 2.83. The molecule has 5 heteroatoms. The van der Waals surface area contributed by atoms with E-state index in [1.165, 1.54) is 25.5 Å². The van der Waals surface area contributed by atoms with Crippen molar-refractivity contribution in [2.75, 3.05) is 0 Å². The number of hydrogen-bond donors (Lipinski definition) is 1. The van der Waals surface area contributed by atoms with Crippen LogP contribution in [0.25, 0.3) is 0 Å². The van der Waals surface area contributed by atoms with Gasteiger partial charge in [-0.25, -0.2) is 9.78 Å². The van der Waals surface area contributed by atoms with E-state index in [9.17, 15) is 4.79 Å². The van der Waals surface area contributed by atoms with Crippen LogP contribution in [0, 0.1) is 12.8 Å². The molecule has 0 radical (unpaired) electrons. The van der Waals surface area contributed by atoms with Gasteiger partial charge in [-0.2, -0.15) is 4.98 Å². The van der Waals surface area contributed by atoms with Crippen molar-refractivity contribution >= 4 is 5.97 Å². The lowest BCUT2D eigenvalue weighted by atomic mass is 9.85. The lowest BCUT2D eigenvalue weighted by Gasteiger charge is -2.30. The Morgan fingerprint density at radius 2 is 2.21 bits per heavy atom. The fraction of sp³-hybridized carbons (Fsp3) is 0.643. The summed E-state index contributed by atoms with van der Waals surface area (Å²) >= 11 is 0. The van der Waals surface area contributed by atoms with E-state index in [0.29, 0.717) is 17.6 Å². The summed E-state index contributed by atoms with van der Waals surface area (Å²) in [7, 11) is 0. The van der Waals surface area contributed by atoms with Crippen LogP contribution in [0.5, 0.6) is 6.01 Å². The van der Waals surface area contributed by atoms with Crippen LogP contribution in [0.15, 0.2) is 6.20 Å². The van der Waals surface area contributed by atoms with Crippen molar-refractivity contribution in [1.29, 1.82) is 0 Å². The molecule has 0 aromatic carbocycles. The Morgan fingerprint density at radius 1 is 1.47 bits per heavy atom. The Balaban J connectivity index is 2.10.